The fourth-order valence-electron chi connectivity index (χ4n) is 3.39. The molecule has 1 atom stereocenters. The van der Waals surface area contributed by atoms with E-state index in [1.54, 1.807) is 30.3 Å². The molecule has 1 saturated heterocycles. The lowest BCUT2D eigenvalue weighted by Gasteiger charge is -2.23. The summed E-state index contributed by atoms with van der Waals surface area (Å²) in [6.07, 6.45) is 6.95. The molecule has 4 nitrogen and oxygen atoms in total. The van der Waals surface area contributed by atoms with Crippen LogP contribution in [0.5, 0.6) is 5.75 Å². The number of phenols is 1. The molecule has 1 fully saturated rings. The molecule has 0 radical (unpaired) electrons. The Morgan fingerprint density at radius 2 is 1.84 bits per heavy atom. The molecule has 1 heterocycles. The van der Waals surface area contributed by atoms with E-state index in [0.29, 0.717) is 10.9 Å². The smallest absolute Gasteiger partial charge is 0.175 e. The van der Waals surface area contributed by atoms with Crippen molar-refractivity contribution in [2.75, 3.05) is 12.8 Å². The van der Waals surface area contributed by atoms with Gasteiger partial charge >= 0.3 is 0 Å². The van der Waals surface area contributed by atoms with E-state index in [4.69, 9.17) is 0 Å². The predicted octanol–water partition coefficient (Wildman–Crippen LogP) is 3.54. The minimum absolute atomic E-state index is 0.247. The molecule has 134 valence electrons. The molecule has 5 heteroatoms. The van der Waals surface area contributed by atoms with Crippen LogP contribution < -0.4 is 5.32 Å². The van der Waals surface area contributed by atoms with Gasteiger partial charge in [0.1, 0.15) is 5.75 Å². The topological polar surface area (TPSA) is 66.4 Å². The largest absolute Gasteiger partial charge is 0.508 e. The van der Waals surface area contributed by atoms with Gasteiger partial charge in [-0.2, -0.15) is 0 Å². The van der Waals surface area contributed by atoms with Crippen LogP contribution in [0.15, 0.2) is 47.4 Å². The highest BCUT2D eigenvalue weighted by atomic mass is 32.2. The normalized spacial score (nSPS) is 18.2. The lowest BCUT2D eigenvalue weighted by Crippen LogP contribution is -2.34. The third-order valence-corrected chi connectivity index (χ3v) is 5.92. The van der Waals surface area contributed by atoms with Gasteiger partial charge in [0.15, 0.2) is 9.84 Å². The summed E-state index contributed by atoms with van der Waals surface area (Å²) in [5.41, 5.74) is 2.92. The molecule has 1 aliphatic rings. The van der Waals surface area contributed by atoms with Crippen LogP contribution in [-0.2, 0) is 16.3 Å². The molecule has 3 rings (SSSR count). The number of phenolic OH excluding ortho intramolecular Hbond substituents is 1. The summed E-state index contributed by atoms with van der Waals surface area (Å²) in [6.45, 7) is 1.10. The summed E-state index contributed by atoms with van der Waals surface area (Å²) in [7, 11) is -3.20. The molecule has 1 aliphatic heterocycles. The Labute approximate surface area is 149 Å². The SMILES string of the molecule is CS(=O)(=O)c1ccc(-c2cc(O)cc(CCC3CCCCN3)c2)cc1. The average molecular weight is 359 g/mol. The molecule has 0 spiro atoms. The van der Waals surface area contributed by atoms with Crippen molar-refractivity contribution in [3.63, 3.8) is 0 Å². The summed E-state index contributed by atoms with van der Waals surface area (Å²) >= 11 is 0. The van der Waals surface area contributed by atoms with Crippen molar-refractivity contribution in [1.29, 1.82) is 0 Å². The van der Waals surface area contributed by atoms with Gasteiger partial charge in [0.25, 0.3) is 0 Å². The molecular formula is C20H25NO3S. The number of rotatable bonds is 5. The van der Waals surface area contributed by atoms with Crippen LogP contribution in [-0.4, -0.2) is 32.4 Å². The number of hydrogen-bond donors (Lipinski definition) is 2. The van der Waals surface area contributed by atoms with Gasteiger partial charge in [0.05, 0.1) is 4.90 Å². The van der Waals surface area contributed by atoms with E-state index in [2.05, 4.69) is 11.4 Å². The molecule has 25 heavy (non-hydrogen) atoms. The monoisotopic (exact) mass is 359 g/mol. The van der Waals surface area contributed by atoms with Crippen LogP contribution in [0.1, 0.15) is 31.2 Å². The van der Waals surface area contributed by atoms with Gasteiger partial charge in [-0.1, -0.05) is 24.6 Å². The van der Waals surface area contributed by atoms with Crippen molar-refractivity contribution in [2.45, 2.75) is 43.0 Å². The van der Waals surface area contributed by atoms with Gasteiger partial charge in [-0.3, -0.25) is 0 Å². The highest BCUT2D eigenvalue weighted by molar-refractivity contribution is 7.90. The molecule has 0 bridgehead atoms. The van der Waals surface area contributed by atoms with Gasteiger partial charge in [0.2, 0.25) is 0 Å². The number of nitrogens with one attached hydrogen (secondary N) is 1. The molecule has 2 aromatic rings. The number of hydrogen-bond acceptors (Lipinski definition) is 4. The van der Waals surface area contributed by atoms with E-state index in [9.17, 15) is 13.5 Å². The first kappa shape index (κ1) is 18.0. The van der Waals surface area contributed by atoms with Gasteiger partial charge < -0.3 is 10.4 Å². The number of sulfone groups is 1. The highest BCUT2D eigenvalue weighted by Gasteiger charge is 2.13. The second-order valence-electron chi connectivity index (χ2n) is 6.87. The molecule has 0 saturated carbocycles. The molecule has 2 aromatic carbocycles. The summed E-state index contributed by atoms with van der Waals surface area (Å²) in [6, 6.07) is 13.0. The fourth-order valence-corrected chi connectivity index (χ4v) is 4.02. The molecule has 2 N–H and O–H groups in total. The first-order valence-corrected chi connectivity index (χ1v) is 10.7. The Kier molecular flexibility index (Phi) is 5.45. The second kappa shape index (κ2) is 7.58. The average Bonchev–Trinajstić information content (AvgIpc) is 2.60. The Morgan fingerprint density at radius 3 is 2.48 bits per heavy atom. The Bertz CT molecular complexity index is 823. The zero-order valence-electron chi connectivity index (χ0n) is 14.5. The van der Waals surface area contributed by atoms with Crippen LogP contribution in [0.25, 0.3) is 11.1 Å². The molecular weight excluding hydrogens is 334 g/mol. The van der Waals surface area contributed by atoms with E-state index in [0.717, 1.165) is 36.1 Å². The zero-order valence-corrected chi connectivity index (χ0v) is 15.3. The van der Waals surface area contributed by atoms with Crippen LogP contribution >= 0.6 is 0 Å². The quantitative estimate of drug-likeness (QED) is 0.857. The summed E-state index contributed by atoms with van der Waals surface area (Å²) in [5, 5.41) is 13.6. The van der Waals surface area contributed by atoms with Crippen molar-refractivity contribution in [3.05, 3.63) is 48.0 Å². The summed E-state index contributed by atoms with van der Waals surface area (Å²) < 4.78 is 23.2. The van der Waals surface area contributed by atoms with E-state index >= 15 is 0 Å². The number of aromatic hydroxyl groups is 1. The van der Waals surface area contributed by atoms with E-state index in [-0.39, 0.29) is 5.75 Å². The minimum Gasteiger partial charge on any atom is -0.508 e. The fraction of sp³-hybridized carbons (Fsp3) is 0.400. The van der Waals surface area contributed by atoms with E-state index < -0.39 is 9.84 Å². The predicted molar refractivity (Wildman–Crippen MR) is 101 cm³/mol. The van der Waals surface area contributed by atoms with Crippen LogP contribution in [0, 0.1) is 0 Å². The molecule has 0 amide bonds. The maximum absolute atomic E-state index is 11.6. The number of aryl methyl sites for hydroxylation is 1. The van der Waals surface area contributed by atoms with Crippen LogP contribution in [0.3, 0.4) is 0 Å². The lowest BCUT2D eigenvalue weighted by molar-refractivity contribution is 0.382. The number of benzene rings is 2. The first-order valence-electron chi connectivity index (χ1n) is 8.79. The van der Waals surface area contributed by atoms with Gasteiger partial charge in [0, 0.05) is 12.3 Å². The second-order valence-corrected chi connectivity index (χ2v) is 8.89. The summed E-state index contributed by atoms with van der Waals surface area (Å²) in [4.78, 5) is 0.306. The Hall–Kier alpha value is -1.85. The third-order valence-electron chi connectivity index (χ3n) is 4.79. The zero-order chi connectivity index (χ0) is 17.9. The molecule has 1 unspecified atom stereocenters. The molecule has 0 aliphatic carbocycles. The van der Waals surface area contributed by atoms with Gasteiger partial charge in [-0.05, 0) is 73.2 Å². The van der Waals surface area contributed by atoms with Crippen molar-refractivity contribution in [2.24, 2.45) is 0 Å². The number of piperidine rings is 1. The van der Waals surface area contributed by atoms with E-state index in [1.165, 1.54) is 25.5 Å². The standard InChI is InChI=1S/C20H25NO3S/c1-25(23,24)20-9-6-16(7-10-20)17-12-15(13-19(22)14-17)5-8-18-4-2-3-11-21-18/h6-7,9-10,12-14,18,21-22H,2-5,8,11H2,1H3. The molecule has 0 aromatic heterocycles. The Balaban J connectivity index is 1.76. The third kappa shape index (κ3) is 4.83. The van der Waals surface area contributed by atoms with Crippen molar-refractivity contribution < 1.29 is 13.5 Å². The van der Waals surface area contributed by atoms with Gasteiger partial charge in [-0.15, -0.1) is 0 Å². The van der Waals surface area contributed by atoms with Crippen LogP contribution in [0.2, 0.25) is 0 Å². The van der Waals surface area contributed by atoms with Crippen molar-refractivity contribution in [1.82, 2.24) is 5.32 Å². The summed E-state index contributed by atoms with van der Waals surface area (Å²) in [5.74, 6) is 0.247. The van der Waals surface area contributed by atoms with Crippen LogP contribution in [0.4, 0.5) is 0 Å². The maximum atomic E-state index is 11.6. The van der Waals surface area contributed by atoms with Gasteiger partial charge in [-0.25, -0.2) is 8.42 Å². The highest BCUT2D eigenvalue weighted by Crippen LogP contribution is 2.27. The first-order chi connectivity index (χ1) is 11.9. The van der Waals surface area contributed by atoms with Crippen molar-refractivity contribution in [3.8, 4) is 16.9 Å². The van der Waals surface area contributed by atoms with Crippen molar-refractivity contribution >= 4 is 9.84 Å². The Morgan fingerprint density at radius 1 is 1.08 bits per heavy atom. The minimum atomic E-state index is -3.20. The maximum Gasteiger partial charge on any atom is 0.175 e. The lowest BCUT2D eigenvalue weighted by atomic mass is 9.96. The van der Waals surface area contributed by atoms with E-state index in [1.807, 2.05) is 6.07 Å².